The van der Waals surface area contributed by atoms with Gasteiger partial charge in [-0.3, -0.25) is 19.9 Å². The molecule has 0 saturated carbocycles. The summed E-state index contributed by atoms with van der Waals surface area (Å²) in [4.78, 5) is 27.4. The van der Waals surface area contributed by atoms with E-state index in [1.54, 1.807) is 12.3 Å². The van der Waals surface area contributed by atoms with Gasteiger partial charge in [0, 0.05) is 18.0 Å². The summed E-state index contributed by atoms with van der Waals surface area (Å²) in [7, 11) is 0. The average molecular weight is 255 g/mol. The number of nitrogens with zero attached hydrogens (tertiary/aromatic N) is 1. The van der Waals surface area contributed by atoms with Gasteiger partial charge in [0.25, 0.3) is 0 Å². The summed E-state index contributed by atoms with van der Waals surface area (Å²) in [6.07, 6.45) is 2.54. The third-order valence-electron chi connectivity index (χ3n) is 3.45. The molecule has 3 rings (SSSR count). The molecule has 3 N–H and O–H groups in total. The van der Waals surface area contributed by atoms with Crippen LogP contribution in [0.1, 0.15) is 24.3 Å². The monoisotopic (exact) mass is 255 g/mol. The molecule has 1 saturated heterocycles. The molecule has 5 heteroatoms. The second-order valence-electron chi connectivity index (χ2n) is 4.65. The Labute approximate surface area is 109 Å². The minimum atomic E-state index is -0.315. The van der Waals surface area contributed by atoms with Crippen LogP contribution in [-0.2, 0) is 9.59 Å². The molecule has 0 bridgehead atoms. The fraction of sp³-hybridized carbons (Fsp3) is 0.214. The second kappa shape index (κ2) is 4.35. The van der Waals surface area contributed by atoms with E-state index in [0.29, 0.717) is 24.0 Å². The Hall–Kier alpha value is -2.43. The Kier molecular flexibility index (Phi) is 2.67. The van der Waals surface area contributed by atoms with E-state index in [4.69, 9.17) is 5.73 Å². The number of hydrogen-bond acceptors (Lipinski definition) is 4. The van der Waals surface area contributed by atoms with Crippen LogP contribution in [-0.4, -0.2) is 16.8 Å². The van der Waals surface area contributed by atoms with Gasteiger partial charge in [-0.1, -0.05) is 12.1 Å². The zero-order valence-electron chi connectivity index (χ0n) is 10.2. The number of nitrogens with one attached hydrogen (secondary N) is 1. The molecule has 1 aromatic heterocycles. The molecule has 1 aliphatic rings. The highest BCUT2D eigenvalue weighted by atomic mass is 16.2. The smallest absolute Gasteiger partial charge is 0.234 e. The van der Waals surface area contributed by atoms with E-state index in [1.165, 1.54) is 0 Å². The number of amides is 2. The zero-order chi connectivity index (χ0) is 13.4. The van der Waals surface area contributed by atoms with E-state index in [9.17, 15) is 9.59 Å². The number of imide groups is 1. The fourth-order valence-corrected chi connectivity index (χ4v) is 2.51. The van der Waals surface area contributed by atoms with Crippen molar-refractivity contribution in [3.05, 3.63) is 36.0 Å². The molecule has 1 unspecified atom stereocenters. The number of para-hydroxylation sites is 1. The Balaban J connectivity index is 2.13. The summed E-state index contributed by atoms with van der Waals surface area (Å²) < 4.78 is 0. The maximum absolute atomic E-state index is 12.0. The van der Waals surface area contributed by atoms with Gasteiger partial charge in [-0.15, -0.1) is 0 Å². The van der Waals surface area contributed by atoms with Gasteiger partial charge in [0.1, 0.15) is 0 Å². The van der Waals surface area contributed by atoms with Crippen molar-refractivity contribution in [1.82, 2.24) is 10.3 Å². The first-order valence-corrected chi connectivity index (χ1v) is 6.13. The van der Waals surface area contributed by atoms with Gasteiger partial charge >= 0.3 is 0 Å². The van der Waals surface area contributed by atoms with Crippen molar-refractivity contribution in [1.29, 1.82) is 0 Å². The molecule has 1 atom stereocenters. The Morgan fingerprint density at radius 2 is 2.11 bits per heavy atom. The highest BCUT2D eigenvalue weighted by Crippen LogP contribution is 2.31. The van der Waals surface area contributed by atoms with Crippen molar-refractivity contribution < 1.29 is 9.59 Å². The van der Waals surface area contributed by atoms with Gasteiger partial charge in [0.2, 0.25) is 11.8 Å². The van der Waals surface area contributed by atoms with Crippen molar-refractivity contribution in [2.75, 3.05) is 5.73 Å². The van der Waals surface area contributed by atoms with E-state index in [-0.39, 0.29) is 17.7 Å². The lowest BCUT2D eigenvalue weighted by atomic mass is 9.88. The SMILES string of the molecule is Nc1cccc2c(C3CCC(=O)NC3=O)ccnc12. The minimum Gasteiger partial charge on any atom is -0.397 e. The summed E-state index contributed by atoms with van der Waals surface area (Å²) in [5, 5.41) is 3.25. The number of pyridine rings is 1. The Morgan fingerprint density at radius 3 is 2.89 bits per heavy atom. The lowest BCUT2D eigenvalue weighted by Crippen LogP contribution is -2.39. The first-order valence-electron chi connectivity index (χ1n) is 6.13. The molecule has 2 amide bonds. The topological polar surface area (TPSA) is 85.1 Å². The Bertz CT molecular complexity index is 681. The number of benzene rings is 1. The predicted octanol–water partition coefficient (Wildman–Crippen LogP) is 1.34. The number of rotatable bonds is 1. The highest BCUT2D eigenvalue weighted by Gasteiger charge is 2.29. The van der Waals surface area contributed by atoms with Crippen molar-refractivity contribution in [2.24, 2.45) is 0 Å². The first kappa shape index (κ1) is 11.6. The van der Waals surface area contributed by atoms with Crippen LogP contribution in [0, 0.1) is 0 Å². The predicted molar refractivity (Wildman–Crippen MR) is 71.3 cm³/mol. The molecule has 19 heavy (non-hydrogen) atoms. The average Bonchev–Trinajstić information content (AvgIpc) is 2.39. The molecular weight excluding hydrogens is 242 g/mol. The van der Waals surface area contributed by atoms with Gasteiger partial charge in [0.15, 0.2) is 0 Å². The van der Waals surface area contributed by atoms with E-state index in [0.717, 1.165) is 10.9 Å². The van der Waals surface area contributed by atoms with Crippen LogP contribution in [0.25, 0.3) is 10.9 Å². The molecule has 2 heterocycles. The van der Waals surface area contributed by atoms with Crippen molar-refractivity contribution in [3.63, 3.8) is 0 Å². The van der Waals surface area contributed by atoms with Gasteiger partial charge in [-0.05, 0) is 24.1 Å². The summed E-state index contributed by atoms with van der Waals surface area (Å²) >= 11 is 0. The third-order valence-corrected chi connectivity index (χ3v) is 3.45. The molecule has 5 nitrogen and oxygen atoms in total. The highest BCUT2D eigenvalue weighted by molar-refractivity contribution is 6.03. The fourth-order valence-electron chi connectivity index (χ4n) is 2.51. The summed E-state index contributed by atoms with van der Waals surface area (Å²) in [5.41, 5.74) is 8.06. The van der Waals surface area contributed by atoms with Crippen LogP contribution in [0.3, 0.4) is 0 Å². The van der Waals surface area contributed by atoms with Gasteiger partial charge < -0.3 is 5.73 Å². The van der Waals surface area contributed by atoms with Gasteiger partial charge in [0.05, 0.1) is 17.1 Å². The number of aromatic nitrogens is 1. The van der Waals surface area contributed by atoms with Crippen molar-refractivity contribution in [3.8, 4) is 0 Å². The number of piperidine rings is 1. The van der Waals surface area contributed by atoms with E-state index < -0.39 is 0 Å². The number of nitrogen functional groups attached to an aromatic ring is 1. The zero-order valence-corrected chi connectivity index (χ0v) is 10.2. The van der Waals surface area contributed by atoms with Crippen molar-refractivity contribution >= 4 is 28.4 Å². The lowest BCUT2D eigenvalue weighted by molar-refractivity contribution is -0.134. The van der Waals surface area contributed by atoms with Crippen molar-refractivity contribution in [2.45, 2.75) is 18.8 Å². The second-order valence-corrected chi connectivity index (χ2v) is 4.65. The lowest BCUT2D eigenvalue weighted by Gasteiger charge is -2.22. The molecule has 1 fully saturated rings. The minimum absolute atomic E-state index is 0.209. The number of hydrogen-bond donors (Lipinski definition) is 2. The van der Waals surface area contributed by atoms with Crippen LogP contribution in [0.15, 0.2) is 30.5 Å². The van der Waals surface area contributed by atoms with E-state index >= 15 is 0 Å². The number of carbonyl (C=O) groups excluding carboxylic acids is 2. The van der Waals surface area contributed by atoms with E-state index in [2.05, 4.69) is 10.3 Å². The number of anilines is 1. The standard InChI is InChI=1S/C14H13N3O2/c15-11-3-1-2-9-8(6-7-16-13(9)11)10-4-5-12(18)17-14(10)19/h1-3,6-7,10H,4-5,15H2,(H,17,18,19). The van der Waals surface area contributed by atoms with Crippen LogP contribution < -0.4 is 11.1 Å². The van der Waals surface area contributed by atoms with Crippen LogP contribution in [0.2, 0.25) is 0 Å². The van der Waals surface area contributed by atoms with E-state index in [1.807, 2.05) is 18.2 Å². The third kappa shape index (κ3) is 1.93. The maximum Gasteiger partial charge on any atom is 0.234 e. The number of fused-ring (bicyclic) bond motifs is 1. The normalized spacial score (nSPS) is 19.5. The van der Waals surface area contributed by atoms with Gasteiger partial charge in [-0.25, -0.2) is 0 Å². The Morgan fingerprint density at radius 1 is 1.26 bits per heavy atom. The molecular formula is C14H13N3O2. The number of carbonyl (C=O) groups is 2. The summed E-state index contributed by atoms with van der Waals surface area (Å²) in [5.74, 6) is -0.768. The van der Waals surface area contributed by atoms with Gasteiger partial charge in [-0.2, -0.15) is 0 Å². The quantitative estimate of drug-likeness (QED) is 0.594. The number of nitrogens with two attached hydrogens (primary N) is 1. The molecule has 2 aromatic rings. The first-order chi connectivity index (χ1) is 9.16. The largest absolute Gasteiger partial charge is 0.397 e. The molecule has 0 spiro atoms. The van der Waals surface area contributed by atoms with Crippen LogP contribution in [0.4, 0.5) is 5.69 Å². The summed E-state index contributed by atoms with van der Waals surface area (Å²) in [6.45, 7) is 0. The van der Waals surface area contributed by atoms with Crippen LogP contribution >= 0.6 is 0 Å². The maximum atomic E-state index is 12.0. The molecule has 1 aliphatic heterocycles. The molecule has 1 aromatic carbocycles. The molecule has 0 radical (unpaired) electrons. The van der Waals surface area contributed by atoms with Crippen LogP contribution in [0.5, 0.6) is 0 Å². The molecule has 0 aliphatic carbocycles. The molecule has 96 valence electrons. The summed E-state index contributed by atoms with van der Waals surface area (Å²) in [6, 6.07) is 7.35.